The van der Waals surface area contributed by atoms with Gasteiger partial charge in [0.2, 0.25) is 0 Å². The van der Waals surface area contributed by atoms with Crippen molar-refractivity contribution in [2.24, 2.45) is 0 Å². The van der Waals surface area contributed by atoms with Gasteiger partial charge in [-0.25, -0.2) is 4.39 Å². The molecule has 0 amide bonds. The summed E-state index contributed by atoms with van der Waals surface area (Å²) in [5, 5.41) is 10.2. The van der Waals surface area contributed by atoms with Crippen LogP contribution in [0, 0.1) is 12.7 Å². The molecule has 1 aliphatic rings. The SMILES string of the molecule is Cc1ccc(C(O)CCN2CC(C)N(C)C(C)C2)cc1F. The van der Waals surface area contributed by atoms with Gasteiger partial charge in [0.1, 0.15) is 5.82 Å². The maximum Gasteiger partial charge on any atom is 0.126 e. The number of aliphatic hydroxyl groups excluding tert-OH is 1. The Morgan fingerprint density at radius 1 is 1.29 bits per heavy atom. The van der Waals surface area contributed by atoms with E-state index < -0.39 is 6.10 Å². The Morgan fingerprint density at radius 3 is 2.48 bits per heavy atom. The highest BCUT2D eigenvalue weighted by molar-refractivity contribution is 5.24. The Bertz CT molecular complexity index is 468. The Kier molecular flexibility index (Phi) is 5.36. The van der Waals surface area contributed by atoms with Crippen LogP contribution in [-0.4, -0.2) is 53.7 Å². The summed E-state index contributed by atoms with van der Waals surface area (Å²) < 4.78 is 13.6. The molecule has 21 heavy (non-hydrogen) atoms. The van der Waals surface area contributed by atoms with E-state index in [2.05, 4.69) is 30.7 Å². The van der Waals surface area contributed by atoms with Gasteiger partial charge in [-0.15, -0.1) is 0 Å². The Morgan fingerprint density at radius 2 is 1.90 bits per heavy atom. The van der Waals surface area contributed by atoms with Gasteiger partial charge in [0.25, 0.3) is 0 Å². The van der Waals surface area contributed by atoms with Gasteiger partial charge in [-0.2, -0.15) is 0 Å². The number of hydrogen-bond acceptors (Lipinski definition) is 3. The first-order valence-electron chi connectivity index (χ1n) is 7.77. The summed E-state index contributed by atoms with van der Waals surface area (Å²) >= 11 is 0. The van der Waals surface area contributed by atoms with Crippen LogP contribution >= 0.6 is 0 Å². The largest absolute Gasteiger partial charge is 0.388 e. The highest BCUT2D eigenvalue weighted by Crippen LogP contribution is 2.21. The molecule has 3 nitrogen and oxygen atoms in total. The molecule has 2 rings (SSSR count). The van der Waals surface area contributed by atoms with Crippen LogP contribution in [-0.2, 0) is 0 Å². The van der Waals surface area contributed by atoms with E-state index in [1.54, 1.807) is 13.0 Å². The van der Waals surface area contributed by atoms with Gasteiger partial charge in [0.05, 0.1) is 6.10 Å². The van der Waals surface area contributed by atoms with E-state index in [4.69, 9.17) is 0 Å². The lowest BCUT2D eigenvalue weighted by molar-refractivity contribution is 0.0485. The van der Waals surface area contributed by atoms with Gasteiger partial charge in [-0.3, -0.25) is 4.90 Å². The van der Waals surface area contributed by atoms with E-state index in [9.17, 15) is 9.50 Å². The molecular weight excluding hydrogens is 267 g/mol. The molecule has 1 aromatic rings. The molecule has 1 saturated heterocycles. The normalized spacial score (nSPS) is 26.0. The number of nitrogens with zero attached hydrogens (tertiary/aromatic N) is 2. The van der Waals surface area contributed by atoms with Crippen LogP contribution in [0.25, 0.3) is 0 Å². The minimum Gasteiger partial charge on any atom is -0.388 e. The van der Waals surface area contributed by atoms with Gasteiger partial charge in [0, 0.05) is 31.7 Å². The molecule has 0 bridgehead atoms. The number of halogens is 1. The fourth-order valence-corrected chi connectivity index (χ4v) is 2.98. The summed E-state index contributed by atoms with van der Waals surface area (Å²) in [5.41, 5.74) is 1.29. The molecule has 1 fully saturated rings. The fourth-order valence-electron chi connectivity index (χ4n) is 2.98. The van der Waals surface area contributed by atoms with Crippen molar-refractivity contribution < 1.29 is 9.50 Å². The smallest absolute Gasteiger partial charge is 0.126 e. The number of aryl methyl sites for hydroxylation is 1. The highest BCUT2D eigenvalue weighted by Gasteiger charge is 2.26. The molecule has 1 aromatic carbocycles. The molecule has 118 valence electrons. The molecule has 3 atom stereocenters. The molecule has 4 heteroatoms. The van der Waals surface area contributed by atoms with E-state index in [0.29, 0.717) is 29.6 Å². The van der Waals surface area contributed by atoms with Crippen molar-refractivity contribution in [3.05, 3.63) is 35.1 Å². The van der Waals surface area contributed by atoms with E-state index in [-0.39, 0.29) is 5.82 Å². The molecule has 0 saturated carbocycles. The maximum absolute atomic E-state index is 13.6. The van der Waals surface area contributed by atoms with Crippen molar-refractivity contribution in [2.75, 3.05) is 26.7 Å². The summed E-state index contributed by atoms with van der Waals surface area (Å²) in [6.45, 7) is 9.09. The van der Waals surface area contributed by atoms with Crippen molar-refractivity contribution in [3.63, 3.8) is 0 Å². The Hall–Kier alpha value is -0.970. The summed E-state index contributed by atoms with van der Waals surface area (Å²) in [5.74, 6) is -0.242. The second kappa shape index (κ2) is 6.86. The summed E-state index contributed by atoms with van der Waals surface area (Å²) in [4.78, 5) is 4.78. The molecule has 0 aromatic heterocycles. The second-order valence-corrected chi connectivity index (χ2v) is 6.44. The van der Waals surface area contributed by atoms with Crippen LogP contribution in [0.3, 0.4) is 0 Å². The Labute approximate surface area is 127 Å². The fraction of sp³-hybridized carbons (Fsp3) is 0.647. The molecule has 0 aliphatic carbocycles. The molecule has 0 spiro atoms. The minimum absolute atomic E-state index is 0.242. The van der Waals surface area contributed by atoms with Gasteiger partial charge in [0.15, 0.2) is 0 Å². The quantitative estimate of drug-likeness (QED) is 0.924. The average Bonchev–Trinajstić information content (AvgIpc) is 2.44. The first-order valence-corrected chi connectivity index (χ1v) is 7.77. The third-order valence-corrected chi connectivity index (χ3v) is 4.73. The second-order valence-electron chi connectivity index (χ2n) is 6.44. The highest BCUT2D eigenvalue weighted by atomic mass is 19.1. The van der Waals surface area contributed by atoms with Gasteiger partial charge in [-0.05, 0) is 51.4 Å². The van der Waals surface area contributed by atoms with Crippen molar-refractivity contribution in [1.29, 1.82) is 0 Å². The lowest BCUT2D eigenvalue weighted by atomic mass is 10.0. The number of piperazine rings is 1. The van der Waals surface area contributed by atoms with Crippen molar-refractivity contribution in [3.8, 4) is 0 Å². The minimum atomic E-state index is -0.592. The molecule has 1 aliphatic heterocycles. The standard InChI is InChI=1S/C17H27FN2O/c1-12-5-6-15(9-16(12)18)17(21)7-8-20-10-13(2)19(4)14(3)11-20/h5-6,9,13-14,17,21H,7-8,10-11H2,1-4H3. The monoisotopic (exact) mass is 294 g/mol. The topological polar surface area (TPSA) is 26.7 Å². The number of rotatable bonds is 4. The summed E-state index contributed by atoms with van der Waals surface area (Å²) in [6, 6.07) is 6.06. The Balaban J connectivity index is 1.89. The molecule has 1 heterocycles. The third kappa shape index (κ3) is 4.02. The van der Waals surface area contributed by atoms with Crippen molar-refractivity contribution in [2.45, 2.75) is 45.4 Å². The number of benzene rings is 1. The van der Waals surface area contributed by atoms with Gasteiger partial charge in [-0.1, -0.05) is 12.1 Å². The molecule has 3 unspecified atom stereocenters. The zero-order valence-corrected chi connectivity index (χ0v) is 13.5. The van der Waals surface area contributed by atoms with Crippen LogP contribution < -0.4 is 0 Å². The number of likely N-dealkylation sites (N-methyl/N-ethyl adjacent to an activating group) is 1. The van der Waals surface area contributed by atoms with Crippen LogP contribution in [0.5, 0.6) is 0 Å². The van der Waals surface area contributed by atoms with E-state index >= 15 is 0 Å². The lowest BCUT2D eigenvalue weighted by Crippen LogP contribution is -2.55. The first kappa shape index (κ1) is 16.4. The molecular formula is C17H27FN2O. The van der Waals surface area contributed by atoms with Crippen LogP contribution in [0.15, 0.2) is 18.2 Å². The van der Waals surface area contributed by atoms with Crippen LogP contribution in [0.2, 0.25) is 0 Å². The predicted octanol–water partition coefficient (Wildman–Crippen LogP) is 2.58. The van der Waals surface area contributed by atoms with Crippen molar-refractivity contribution >= 4 is 0 Å². The third-order valence-electron chi connectivity index (χ3n) is 4.73. The summed E-state index contributed by atoms with van der Waals surface area (Å²) in [7, 11) is 2.16. The molecule has 0 radical (unpaired) electrons. The average molecular weight is 294 g/mol. The van der Waals surface area contributed by atoms with Crippen LogP contribution in [0.1, 0.15) is 37.5 Å². The summed E-state index contributed by atoms with van der Waals surface area (Å²) in [6.07, 6.45) is 0.0522. The first-order chi connectivity index (χ1) is 9.88. The van der Waals surface area contributed by atoms with Gasteiger partial charge >= 0.3 is 0 Å². The van der Waals surface area contributed by atoms with E-state index in [1.807, 2.05) is 6.07 Å². The number of hydrogen-bond donors (Lipinski definition) is 1. The predicted molar refractivity (Wildman–Crippen MR) is 83.8 cm³/mol. The van der Waals surface area contributed by atoms with Gasteiger partial charge < -0.3 is 10.0 Å². The van der Waals surface area contributed by atoms with E-state index in [0.717, 1.165) is 19.6 Å². The van der Waals surface area contributed by atoms with Crippen LogP contribution in [0.4, 0.5) is 4.39 Å². The zero-order chi connectivity index (χ0) is 15.6. The zero-order valence-electron chi connectivity index (χ0n) is 13.5. The number of aliphatic hydroxyl groups is 1. The lowest BCUT2D eigenvalue weighted by Gasteiger charge is -2.42. The maximum atomic E-state index is 13.6. The molecule has 1 N–H and O–H groups in total. The van der Waals surface area contributed by atoms with E-state index in [1.165, 1.54) is 6.07 Å². The van der Waals surface area contributed by atoms with Crippen molar-refractivity contribution in [1.82, 2.24) is 9.80 Å².